The van der Waals surface area contributed by atoms with Gasteiger partial charge >= 0.3 is 0 Å². The Balaban J connectivity index is 2.03. The minimum absolute atomic E-state index is 0.319. The molecule has 1 nitrogen and oxygen atoms in total. The maximum atomic E-state index is 6.28. The molecular formula is C16H16BrClO. The molecular weight excluding hydrogens is 324 g/mol. The van der Waals surface area contributed by atoms with Crippen molar-refractivity contribution in [3.05, 3.63) is 47.0 Å². The van der Waals surface area contributed by atoms with Gasteiger partial charge in [0.2, 0.25) is 0 Å². The standard InChI is InChI=1S/C16H16BrClO/c1-10-8-11(9-19-10)16(17)14-6-7-15(18)13-5-3-2-4-12(13)14/h2-7,10-11,16H,8-9H2,1H3. The second-order valence-corrected chi connectivity index (χ2v) is 6.62. The van der Waals surface area contributed by atoms with Crippen LogP contribution in [0.25, 0.3) is 10.8 Å². The van der Waals surface area contributed by atoms with Crippen LogP contribution in [-0.4, -0.2) is 12.7 Å². The zero-order valence-electron chi connectivity index (χ0n) is 10.8. The maximum absolute atomic E-state index is 6.28. The number of benzene rings is 2. The lowest BCUT2D eigenvalue weighted by molar-refractivity contribution is 0.120. The van der Waals surface area contributed by atoms with Gasteiger partial charge in [-0.25, -0.2) is 0 Å². The summed E-state index contributed by atoms with van der Waals surface area (Å²) in [6.45, 7) is 2.97. The lowest BCUT2D eigenvalue weighted by atomic mass is 9.93. The molecule has 1 aliphatic heterocycles. The molecule has 0 amide bonds. The highest BCUT2D eigenvalue weighted by molar-refractivity contribution is 9.09. The van der Waals surface area contributed by atoms with Crippen molar-refractivity contribution in [2.45, 2.75) is 24.3 Å². The summed E-state index contributed by atoms with van der Waals surface area (Å²) in [7, 11) is 0. The van der Waals surface area contributed by atoms with E-state index in [4.69, 9.17) is 16.3 Å². The van der Waals surface area contributed by atoms with Gasteiger partial charge in [-0.3, -0.25) is 0 Å². The normalized spacial score (nSPS) is 24.8. The summed E-state index contributed by atoms with van der Waals surface area (Å²) < 4.78 is 5.69. The first-order valence-electron chi connectivity index (χ1n) is 6.59. The molecule has 0 saturated carbocycles. The summed E-state index contributed by atoms with van der Waals surface area (Å²) in [6, 6.07) is 12.4. The molecule has 3 atom stereocenters. The molecule has 1 saturated heterocycles. The van der Waals surface area contributed by atoms with Crippen molar-refractivity contribution in [1.29, 1.82) is 0 Å². The Morgan fingerprint density at radius 3 is 2.63 bits per heavy atom. The molecule has 0 spiro atoms. The Morgan fingerprint density at radius 1 is 1.21 bits per heavy atom. The number of halogens is 2. The van der Waals surface area contributed by atoms with Gasteiger partial charge in [0.05, 0.1) is 12.7 Å². The summed E-state index contributed by atoms with van der Waals surface area (Å²) in [6.07, 6.45) is 1.47. The lowest BCUT2D eigenvalue weighted by Crippen LogP contribution is -2.08. The van der Waals surface area contributed by atoms with Gasteiger partial charge in [0.15, 0.2) is 0 Å². The van der Waals surface area contributed by atoms with Crippen LogP contribution >= 0.6 is 27.5 Å². The van der Waals surface area contributed by atoms with E-state index in [1.165, 1.54) is 10.9 Å². The third-order valence-corrected chi connectivity index (χ3v) is 5.42. The van der Waals surface area contributed by atoms with E-state index in [0.717, 1.165) is 23.4 Å². The monoisotopic (exact) mass is 338 g/mol. The van der Waals surface area contributed by atoms with E-state index >= 15 is 0 Å². The number of fused-ring (bicyclic) bond motifs is 1. The third-order valence-electron chi connectivity index (χ3n) is 3.85. The minimum Gasteiger partial charge on any atom is -0.378 e. The summed E-state index contributed by atoms with van der Waals surface area (Å²) in [5.41, 5.74) is 1.31. The number of alkyl halides is 1. The van der Waals surface area contributed by atoms with E-state index in [0.29, 0.717) is 16.8 Å². The Kier molecular flexibility index (Phi) is 3.84. The molecule has 0 bridgehead atoms. The highest BCUT2D eigenvalue weighted by atomic mass is 79.9. The molecule has 3 heteroatoms. The van der Waals surface area contributed by atoms with E-state index in [-0.39, 0.29) is 0 Å². The fraction of sp³-hybridized carbons (Fsp3) is 0.375. The van der Waals surface area contributed by atoms with Gasteiger partial charge in [-0.2, -0.15) is 0 Å². The minimum atomic E-state index is 0.319. The summed E-state index contributed by atoms with van der Waals surface area (Å²) >= 11 is 10.1. The quantitative estimate of drug-likeness (QED) is 0.670. The number of hydrogen-bond acceptors (Lipinski definition) is 1. The molecule has 0 aliphatic carbocycles. The molecule has 0 radical (unpaired) electrons. The molecule has 100 valence electrons. The Bertz CT molecular complexity index is 598. The van der Waals surface area contributed by atoms with Crippen molar-refractivity contribution in [1.82, 2.24) is 0 Å². The molecule has 19 heavy (non-hydrogen) atoms. The first-order chi connectivity index (χ1) is 9.16. The fourth-order valence-corrected chi connectivity index (χ4v) is 3.83. The van der Waals surface area contributed by atoms with Crippen molar-refractivity contribution < 1.29 is 4.74 Å². The van der Waals surface area contributed by atoms with Gasteiger partial charge in [-0.1, -0.05) is 57.9 Å². The second-order valence-electron chi connectivity index (χ2n) is 5.22. The van der Waals surface area contributed by atoms with Gasteiger partial charge in [-0.05, 0) is 30.4 Å². The smallest absolute Gasteiger partial charge is 0.0551 e. The van der Waals surface area contributed by atoms with Crippen LogP contribution in [0.1, 0.15) is 23.7 Å². The molecule has 1 heterocycles. The average molecular weight is 340 g/mol. The predicted octanol–water partition coefficient (Wildman–Crippen LogP) is 5.35. The van der Waals surface area contributed by atoms with Crippen LogP contribution < -0.4 is 0 Å². The molecule has 2 aromatic carbocycles. The van der Waals surface area contributed by atoms with Gasteiger partial charge < -0.3 is 4.74 Å². The number of ether oxygens (including phenoxy) is 1. The highest BCUT2D eigenvalue weighted by Gasteiger charge is 2.29. The number of hydrogen-bond donors (Lipinski definition) is 0. The highest BCUT2D eigenvalue weighted by Crippen LogP contribution is 2.41. The van der Waals surface area contributed by atoms with E-state index in [2.05, 4.69) is 47.1 Å². The fourth-order valence-electron chi connectivity index (χ4n) is 2.83. The SMILES string of the molecule is CC1CC(C(Br)c2ccc(Cl)c3ccccc23)CO1. The van der Waals surface area contributed by atoms with Gasteiger partial charge in [0.25, 0.3) is 0 Å². The zero-order chi connectivity index (χ0) is 13.4. The predicted molar refractivity (Wildman–Crippen MR) is 84.1 cm³/mol. The van der Waals surface area contributed by atoms with Crippen molar-refractivity contribution >= 4 is 38.3 Å². The van der Waals surface area contributed by atoms with Crippen LogP contribution in [0.15, 0.2) is 36.4 Å². The van der Waals surface area contributed by atoms with Crippen LogP contribution in [0.4, 0.5) is 0 Å². The summed E-state index contributed by atoms with van der Waals surface area (Å²) in [5, 5.41) is 3.17. The molecule has 0 N–H and O–H groups in total. The first kappa shape index (κ1) is 13.4. The molecule has 1 aliphatic rings. The molecule has 0 aromatic heterocycles. The van der Waals surface area contributed by atoms with Crippen LogP contribution in [0.3, 0.4) is 0 Å². The van der Waals surface area contributed by atoms with Crippen molar-refractivity contribution in [2.24, 2.45) is 5.92 Å². The average Bonchev–Trinajstić information content (AvgIpc) is 2.86. The van der Waals surface area contributed by atoms with Crippen LogP contribution in [0.2, 0.25) is 5.02 Å². The number of rotatable bonds is 2. The largest absolute Gasteiger partial charge is 0.378 e. The molecule has 3 rings (SSSR count). The topological polar surface area (TPSA) is 9.23 Å². The molecule has 1 fully saturated rings. The zero-order valence-corrected chi connectivity index (χ0v) is 13.1. The van der Waals surface area contributed by atoms with E-state index < -0.39 is 0 Å². The first-order valence-corrected chi connectivity index (χ1v) is 7.89. The summed E-state index contributed by atoms with van der Waals surface area (Å²) in [4.78, 5) is 0.319. The van der Waals surface area contributed by atoms with Crippen molar-refractivity contribution in [3.63, 3.8) is 0 Å². The lowest BCUT2D eigenvalue weighted by Gasteiger charge is -2.19. The Labute approximate surface area is 127 Å². The van der Waals surface area contributed by atoms with Crippen LogP contribution in [0.5, 0.6) is 0 Å². The van der Waals surface area contributed by atoms with E-state index in [1.807, 2.05) is 12.1 Å². The Hall–Kier alpha value is -0.570. The third kappa shape index (κ3) is 2.54. The van der Waals surface area contributed by atoms with E-state index in [9.17, 15) is 0 Å². The maximum Gasteiger partial charge on any atom is 0.0551 e. The molecule has 2 aromatic rings. The van der Waals surface area contributed by atoms with E-state index in [1.54, 1.807) is 0 Å². The van der Waals surface area contributed by atoms with Crippen molar-refractivity contribution in [3.8, 4) is 0 Å². The van der Waals surface area contributed by atoms with Gasteiger partial charge in [-0.15, -0.1) is 0 Å². The van der Waals surface area contributed by atoms with Gasteiger partial charge in [0.1, 0.15) is 0 Å². The molecule has 3 unspecified atom stereocenters. The Morgan fingerprint density at radius 2 is 1.95 bits per heavy atom. The van der Waals surface area contributed by atoms with Gasteiger partial charge in [0, 0.05) is 21.2 Å². The second kappa shape index (κ2) is 5.43. The summed E-state index contributed by atoms with van der Waals surface area (Å²) in [5.74, 6) is 0.527. The van der Waals surface area contributed by atoms with Crippen LogP contribution in [0, 0.1) is 5.92 Å². The van der Waals surface area contributed by atoms with Crippen molar-refractivity contribution in [2.75, 3.05) is 6.61 Å². The van der Waals surface area contributed by atoms with Crippen LogP contribution in [-0.2, 0) is 4.74 Å².